The van der Waals surface area contributed by atoms with Crippen LogP contribution in [0, 0.1) is 0 Å². The van der Waals surface area contributed by atoms with Crippen LogP contribution in [0.2, 0.25) is 0 Å². The van der Waals surface area contributed by atoms with Crippen molar-refractivity contribution in [1.82, 2.24) is 30.4 Å². The van der Waals surface area contributed by atoms with Gasteiger partial charge in [-0.1, -0.05) is 46.3 Å². The van der Waals surface area contributed by atoms with Gasteiger partial charge in [0.25, 0.3) is 17.7 Å². The van der Waals surface area contributed by atoms with Crippen LogP contribution in [0.15, 0.2) is 71.9 Å². The molecule has 19 nitrogen and oxygen atoms in total. The number of alkyl halides is 1. The van der Waals surface area contributed by atoms with Gasteiger partial charge in [0.05, 0.1) is 70.7 Å². The highest BCUT2D eigenvalue weighted by Gasteiger charge is 2.36. The molecule has 7 rings (SSSR count). The number of halogens is 1. The molecule has 3 N–H and O–H groups in total. The van der Waals surface area contributed by atoms with Gasteiger partial charge in [-0.25, -0.2) is 10.2 Å². The number of imide groups is 1. The molecule has 68 heavy (non-hydrogen) atoms. The van der Waals surface area contributed by atoms with Crippen molar-refractivity contribution in [3.63, 3.8) is 0 Å². The molecular formula is C48H57BrN8O11. The number of amides is 6. The Morgan fingerprint density at radius 1 is 0.794 bits per heavy atom. The summed E-state index contributed by atoms with van der Waals surface area (Å²) in [6.07, 6.45) is 2.10. The van der Waals surface area contributed by atoms with Crippen molar-refractivity contribution in [1.29, 1.82) is 0 Å². The minimum atomic E-state index is -0.414. The third kappa shape index (κ3) is 12.9. The second kappa shape index (κ2) is 24.3. The van der Waals surface area contributed by atoms with Gasteiger partial charge in [0, 0.05) is 98.0 Å². The Labute approximate surface area is 402 Å². The number of aromatic amines is 1. The quantitative estimate of drug-likeness (QED) is 0.0317. The summed E-state index contributed by atoms with van der Waals surface area (Å²) in [6.45, 7) is 7.82. The topological polar surface area (TPSA) is 214 Å². The number of carbonyl (C=O) groups is 6. The summed E-state index contributed by atoms with van der Waals surface area (Å²) in [6, 6.07) is 17.2. The second-order valence-corrected chi connectivity index (χ2v) is 17.1. The molecule has 362 valence electrons. The normalized spacial score (nSPS) is 16.3. The SMILES string of the molecule is C/C(=N\NC(=O)CCOCCOCCOCCOCCNC(=O)CCN1C(=O)C=CC1=O)c1ccc2[nH]c(C(=O)N3CC(CBr)c4c3cc(OC(=O)N3CCN(C)CC3)c3ccccc43)cc2c1. The van der Waals surface area contributed by atoms with Crippen LogP contribution >= 0.6 is 15.9 Å². The zero-order valence-corrected chi connectivity index (χ0v) is 39.8. The minimum Gasteiger partial charge on any atom is -0.409 e. The second-order valence-electron chi connectivity index (χ2n) is 16.5. The Bertz CT molecular complexity index is 2520. The van der Waals surface area contributed by atoms with Gasteiger partial charge < -0.3 is 48.7 Å². The van der Waals surface area contributed by atoms with E-state index in [0.29, 0.717) is 101 Å². The Balaban J connectivity index is 0.796. The first-order valence-corrected chi connectivity index (χ1v) is 23.8. The van der Waals surface area contributed by atoms with E-state index < -0.39 is 17.9 Å². The third-order valence-electron chi connectivity index (χ3n) is 11.8. The number of nitrogens with zero attached hydrogens (tertiary/aromatic N) is 5. The smallest absolute Gasteiger partial charge is 0.409 e. The zero-order valence-electron chi connectivity index (χ0n) is 38.3. The van der Waals surface area contributed by atoms with Crippen LogP contribution in [0.3, 0.4) is 0 Å². The number of hydrazone groups is 1. The minimum absolute atomic E-state index is 0.0204. The van der Waals surface area contributed by atoms with Gasteiger partial charge in [0.2, 0.25) is 11.8 Å². The van der Waals surface area contributed by atoms with Crippen LogP contribution in [-0.4, -0.2) is 172 Å². The lowest BCUT2D eigenvalue weighted by atomic mass is 9.95. The van der Waals surface area contributed by atoms with Crippen molar-refractivity contribution in [2.24, 2.45) is 5.10 Å². The van der Waals surface area contributed by atoms with Gasteiger partial charge in [-0.2, -0.15) is 5.10 Å². The molecule has 1 atom stereocenters. The molecule has 0 spiro atoms. The molecule has 0 radical (unpaired) electrons. The summed E-state index contributed by atoms with van der Waals surface area (Å²) >= 11 is 3.69. The highest BCUT2D eigenvalue weighted by molar-refractivity contribution is 9.09. The monoisotopic (exact) mass is 1000 g/mol. The number of rotatable bonds is 23. The molecule has 4 heterocycles. The standard InChI is InChI=1S/C48H57BrN8O11/c1-32(52-53-43(59)12-19-64-21-23-66-25-26-67-24-22-65-20-13-50-42(58)11-14-56-44(60)9-10-45(56)61)33-7-8-38-34(27-33)28-39(51-38)47(62)57-31-35(30-49)46-37-6-4-3-5-36(37)41(29-40(46)57)68-48(63)55-17-15-54(2)16-18-55/h3-10,27-29,35,51H,11-26,30-31H2,1-2H3,(H,50,58)(H,53,59)/b52-32+. The van der Waals surface area contributed by atoms with Crippen LogP contribution in [0.25, 0.3) is 21.7 Å². The number of carbonyl (C=O) groups excluding carboxylic acids is 6. The van der Waals surface area contributed by atoms with Crippen LogP contribution < -0.4 is 20.4 Å². The number of anilines is 1. The van der Waals surface area contributed by atoms with E-state index in [9.17, 15) is 28.8 Å². The third-order valence-corrected chi connectivity index (χ3v) is 12.5. The van der Waals surface area contributed by atoms with Crippen molar-refractivity contribution >= 4 is 84.6 Å². The average Bonchev–Trinajstić information content (AvgIpc) is 4.05. The first-order valence-electron chi connectivity index (χ1n) is 22.7. The molecule has 3 aliphatic heterocycles. The maximum Gasteiger partial charge on any atom is 0.415 e. The summed E-state index contributed by atoms with van der Waals surface area (Å²) in [5.74, 6) is -1.18. The Morgan fingerprint density at radius 2 is 1.46 bits per heavy atom. The lowest BCUT2D eigenvalue weighted by Gasteiger charge is -2.31. The summed E-state index contributed by atoms with van der Waals surface area (Å²) in [5, 5.41) is 10.2. The summed E-state index contributed by atoms with van der Waals surface area (Å²) in [7, 11) is 2.03. The van der Waals surface area contributed by atoms with Gasteiger partial charge in [0.1, 0.15) is 11.4 Å². The molecule has 0 saturated carbocycles. The molecule has 3 aliphatic rings. The zero-order chi connectivity index (χ0) is 48.0. The number of likely N-dealkylation sites (N-methyl/N-ethyl adjacent to an activating group) is 1. The molecule has 6 amide bonds. The predicted octanol–water partition coefficient (Wildman–Crippen LogP) is 3.93. The predicted molar refractivity (Wildman–Crippen MR) is 257 cm³/mol. The number of H-pyrrole nitrogens is 1. The van der Waals surface area contributed by atoms with E-state index in [1.807, 2.05) is 61.6 Å². The number of hydrogen-bond acceptors (Lipinski definition) is 13. The highest BCUT2D eigenvalue weighted by atomic mass is 79.9. The maximum absolute atomic E-state index is 14.3. The Morgan fingerprint density at radius 3 is 2.15 bits per heavy atom. The van der Waals surface area contributed by atoms with E-state index in [1.54, 1.807) is 16.7 Å². The average molecular weight is 1000 g/mol. The van der Waals surface area contributed by atoms with E-state index in [-0.39, 0.29) is 49.6 Å². The number of ether oxygens (including phenoxy) is 5. The van der Waals surface area contributed by atoms with Crippen molar-refractivity contribution in [2.45, 2.75) is 25.7 Å². The van der Waals surface area contributed by atoms with Crippen LogP contribution in [0.4, 0.5) is 10.5 Å². The summed E-state index contributed by atoms with van der Waals surface area (Å²) in [4.78, 5) is 85.1. The maximum atomic E-state index is 14.3. The van der Waals surface area contributed by atoms with Crippen molar-refractivity contribution < 1.29 is 52.5 Å². The summed E-state index contributed by atoms with van der Waals surface area (Å²) in [5.41, 5.74) is 6.87. The number of fused-ring (bicyclic) bond motifs is 4. The molecule has 1 unspecified atom stereocenters. The first kappa shape index (κ1) is 49.9. The number of piperazine rings is 1. The lowest BCUT2D eigenvalue weighted by Crippen LogP contribution is -2.48. The highest BCUT2D eigenvalue weighted by Crippen LogP contribution is 2.46. The van der Waals surface area contributed by atoms with Crippen LogP contribution in [0.5, 0.6) is 5.75 Å². The molecule has 1 saturated heterocycles. The summed E-state index contributed by atoms with van der Waals surface area (Å²) < 4.78 is 28.0. The van der Waals surface area contributed by atoms with Crippen molar-refractivity contribution in [3.05, 3.63) is 83.6 Å². The molecule has 1 fully saturated rings. The van der Waals surface area contributed by atoms with Gasteiger partial charge in [0.15, 0.2) is 0 Å². The lowest BCUT2D eigenvalue weighted by molar-refractivity contribution is -0.137. The fourth-order valence-corrected chi connectivity index (χ4v) is 8.52. The van der Waals surface area contributed by atoms with E-state index in [4.69, 9.17) is 23.7 Å². The largest absolute Gasteiger partial charge is 0.415 e. The van der Waals surface area contributed by atoms with E-state index >= 15 is 0 Å². The molecule has 0 aliphatic carbocycles. The van der Waals surface area contributed by atoms with Gasteiger partial charge in [-0.05, 0) is 48.7 Å². The van der Waals surface area contributed by atoms with Gasteiger partial charge in [-0.15, -0.1) is 0 Å². The Kier molecular flexibility index (Phi) is 17.8. The molecule has 3 aromatic carbocycles. The fraction of sp³-hybridized carbons (Fsp3) is 0.438. The molecule has 0 bridgehead atoms. The number of aromatic nitrogens is 1. The molecule has 4 aromatic rings. The van der Waals surface area contributed by atoms with Gasteiger partial charge in [-0.3, -0.25) is 28.9 Å². The first-order chi connectivity index (χ1) is 33.0. The number of hydrogen-bond donors (Lipinski definition) is 3. The van der Waals surface area contributed by atoms with E-state index in [1.165, 1.54) is 12.2 Å². The van der Waals surface area contributed by atoms with E-state index in [0.717, 1.165) is 50.8 Å². The number of benzene rings is 3. The van der Waals surface area contributed by atoms with Crippen LogP contribution in [0.1, 0.15) is 47.3 Å². The van der Waals surface area contributed by atoms with Gasteiger partial charge >= 0.3 is 6.09 Å². The number of nitrogens with one attached hydrogen (secondary N) is 3. The Hall–Kier alpha value is -6.03. The molecule has 1 aromatic heterocycles. The fourth-order valence-electron chi connectivity index (χ4n) is 7.99. The molecular weight excluding hydrogens is 944 g/mol. The van der Waals surface area contributed by atoms with E-state index in [2.05, 4.69) is 41.7 Å². The molecule has 20 heteroatoms. The van der Waals surface area contributed by atoms with Crippen LogP contribution in [-0.2, 0) is 38.1 Å². The van der Waals surface area contributed by atoms with Crippen molar-refractivity contribution in [3.8, 4) is 5.75 Å². The van der Waals surface area contributed by atoms with Crippen molar-refractivity contribution in [2.75, 3.05) is 116 Å².